The molecule has 0 spiro atoms. The number of nitrogens with zero attached hydrogens (tertiary/aromatic N) is 7. The molecule has 12 nitrogen and oxygen atoms in total. The highest BCUT2D eigenvalue weighted by Gasteiger charge is 2.38. The number of hydrogen-bond donors (Lipinski definition) is 3. The van der Waals surface area contributed by atoms with Gasteiger partial charge in [0, 0.05) is 19.5 Å². The standard InChI is InChI=1S/C14H19N9O3/c24-12(25)2-1-9-5-10-7-21(3-4-22(10)18-9)14(26)11-6-15-17-13(11)23-8-16-19-20-23/h5,8,11,13,15,17H,1-4,6-7H2,(H,24,25). The average molecular weight is 361 g/mol. The van der Waals surface area contributed by atoms with Crippen LogP contribution in [0.15, 0.2) is 12.4 Å². The van der Waals surface area contributed by atoms with Crippen LogP contribution in [-0.2, 0) is 29.1 Å². The van der Waals surface area contributed by atoms with Gasteiger partial charge in [0.2, 0.25) is 5.91 Å². The minimum Gasteiger partial charge on any atom is -0.481 e. The van der Waals surface area contributed by atoms with E-state index in [1.54, 1.807) is 4.90 Å². The minimum absolute atomic E-state index is 0.0162. The Morgan fingerprint density at radius 1 is 1.35 bits per heavy atom. The molecule has 0 radical (unpaired) electrons. The van der Waals surface area contributed by atoms with Crippen molar-refractivity contribution in [3.8, 4) is 0 Å². The van der Waals surface area contributed by atoms with Gasteiger partial charge < -0.3 is 10.0 Å². The highest BCUT2D eigenvalue weighted by atomic mass is 16.4. The van der Waals surface area contributed by atoms with Gasteiger partial charge in [-0.2, -0.15) is 5.10 Å². The van der Waals surface area contributed by atoms with E-state index in [4.69, 9.17) is 5.11 Å². The van der Waals surface area contributed by atoms with Crippen molar-refractivity contribution in [2.45, 2.75) is 32.1 Å². The molecule has 2 aliphatic rings. The molecular formula is C14H19N9O3. The van der Waals surface area contributed by atoms with E-state index in [-0.39, 0.29) is 24.4 Å². The summed E-state index contributed by atoms with van der Waals surface area (Å²) < 4.78 is 3.38. The van der Waals surface area contributed by atoms with Crippen molar-refractivity contribution in [1.82, 2.24) is 45.7 Å². The van der Waals surface area contributed by atoms with E-state index in [2.05, 4.69) is 31.5 Å². The molecule has 0 aliphatic carbocycles. The van der Waals surface area contributed by atoms with Crippen LogP contribution < -0.4 is 10.9 Å². The lowest BCUT2D eigenvalue weighted by molar-refractivity contribution is -0.138. The molecule has 1 amide bonds. The van der Waals surface area contributed by atoms with Crippen LogP contribution >= 0.6 is 0 Å². The zero-order chi connectivity index (χ0) is 18.1. The number of hydrazine groups is 1. The molecule has 0 aromatic carbocycles. The van der Waals surface area contributed by atoms with Gasteiger partial charge in [-0.25, -0.2) is 10.1 Å². The van der Waals surface area contributed by atoms with Crippen LogP contribution in [0.2, 0.25) is 0 Å². The molecule has 0 saturated carbocycles. The number of aliphatic carboxylic acids is 1. The van der Waals surface area contributed by atoms with Crippen LogP contribution in [0.4, 0.5) is 0 Å². The molecule has 2 aromatic heterocycles. The van der Waals surface area contributed by atoms with E-state index >= 15 is 0 Å². The number of nitrogens with one attached hydrogen (secondary N) is 2. The van der Waals surface area contributed by atoms with Crippen molar-refractivity contribution in [3.05, 3.63) is 23.8 Å². The second-order valence-electron chi connectivity index (χ2n) is 6.37. The van der Waals surface area contributed by atoms with E-state index in [0.717, 1.165) is 11.4 Å². The van der Waals surface area contributed by atoms with Gasteiger partial charge in [-0.05, 0) is 16.5 Å². The number of amides is 1. The van der Waals surface area contributed by atoms with Gasteiger partial charge in [0.1, 0.15) is 12.5 Å². The maximum absolute atomic E-state index is 13.0. The van der Waals surface area contributed by atoms with Gasteiger partial charge in [0.05, 0.1) is 36.8 Å². The summed E-state index contributed by atoms with van der Waals surface area (Å²) in [5.41, 5.74) is 7.69. The van der Waals surface area contributed by atoms with Crippen LogP contribution in [-0.4, -0.2) is 65.0 Å². The second-order valence-corrected chi connectivity index (χ2v) is 6.37. The van der Waals surface area contributed by atoms with Gasteiger partial charge in [-0.1, -0.05) is 0 Å². The monoisotopic (exact) mass is 361 g/mol. The smallest absolute Gasteiger partial charge is 0.303 e. The number of hydrogen-bond acceptors (Lipinski definition) is 8. The van der Waals surface area contributed by atoms with Crippen LogP contribution in [0.3, 0.4) is 0 Å². The quantitative estimate of drug-likeness (QED) is 0.559. The molecule has 4 rings (SSSR count). The molecule has 3 N–H and O–H groups in total. The molecule has 138 valence electrons. The normalized spacial score (nSPS) is 22.4. The highest BCUT2D eigenvalue weighted by Crippen LogP contribution is 2.23. The van der Waals surface area contributed by atoms with Crippen LogP contribution in [0.1, 0.15) is 24.0 Å². The summed E-state index contributed by atoms with van der Waals surface area (Å²) in [5.74, 6) is -1.15. The molecular weight excluding hydrogens is 342 g/mol. The fourth-order valence-electron chi connectivity index (χ4n) is 3.36. The zero-order valence-electron chi connectivity index (χ0n) is 13.9. The minimum atomic E-state index is -0.845. The fraction of sp³-hybridized carbons (Fsp3) is 0.571. The number of aryl methyl sites for hydroxylation is 1. The van der Waals surface area contributed by atoms with Gasteiger partial charge in [-0.3, -0.25) is 19.7 Å². The Morgan fingerprint density at radius 2 is 2.23 bits per heavy atom. The molecule has 2 aromatic rings. The molecule has 1 saturated heterocycles. The maximum atomic E-state index is 13.0. The summed E-state index contributed by atoms with van der Waals surface area (Å²) in [7, 11) is 0. The van der Waals surface area contributed by atoms with Crippen LogP contribution in [0.5, 0.6) is 0 Å². The lowest BCUT2D eigenvalue weighted by Gasteiger charge is -2.30. The van der Waals surface area contributed by atoms with E-state index in [9.17, 15) is 9.59 Å². The zero-order valence-corrected chi connectivity index (χ0v) is 13.9. The molecule has 2 aliphatic heterocycles. The van der Waals surface area contributed by atoms with E-state index in [1.165, 1.54) is 11.0 Å². The van der Waals surface area contributed by atoms with Crippen LogP contribution in [0, 0.1) is 5.92 Å². The Bertz CT molecular complexity index is 803. The van der Waals surface area contributed by atoms with E-state index in [0.29, 0.717) is 32.6 Å². The van der Waals surface area contributed by atoms with Gasteiger partial charge >= 0.3 is 5.97 Å². The Labute approximate surface area is 148 Å². The van der Waals surface area contributed by atoms with Crippen molar-refractivity contribution < 1.29 is 14.7 Å². The molecule has 12 heteroatoms. The largest absolute Gasteiger partial charge is 0.481 e. The molecule has 26 heavy (non-hydrogen) atoms. The summed E-state index contributed by atoms with van der Waals surface area (Å²) in [4.78, 5) is 25.5. The van der Waals surface area contributed by atoms with Gasteiger partial charge in [0.15, 0.2) is 0 Å². The lowest BCUT2D eigenvalue weighted by atomic mass is 10.1. The first-order chi connectivity index (χ1) is 12.6. The number of carbonyl (C=O) groups is 2. The summed E-state index contributed by atoms with van der Waals surface area (Å²) in [6.45, 7) is 2.10. The number of aromatic nitrogens is 6. The van der Waals surface area contributed by atoms with E-state index < -0.39 is 5.97 Å². The van der Waals surface area contributed by atoms with Crippen molar-refractivity contribution in [2.24, 2.45) is 5.92 Å². The predicted molar refractivity (Wildman–Crippen MR) is 85.1 cm³/mol. The fourth-order valence-corrected chi connectivity index (χ4v) is 3.36. The summed E-state index contributed by atoms with van der Waals surface area (Å²) in [5, 5.41) is 24.3. The second kappa shape index (κ2) is 6.80. The Kier molecular flexibility index (Phi) is 4.34. The maximum Gasteiger partial charge on any atom is 0.303 e. The van der Waals surface area contributed by atoms with Crippen molar-refractivity contribution in [2.75, 3.05) is 13.1 Å². The first-order valence-corrected chi connectivity index (χ1v) is 8.39. The van der Waals surface area contributed by atoms with Crippen molar-refractivity contribution in [3.63, 3.8) is 0 Å². The third kappa shape index (κ3) is 3.15. The molecule has 1 fully saturated rings. The summed E-state index contributed by atoms with van der Waals surface area (Å²) >= 11 is 0. The lowest BCUT2D eigenvalue weighted by Crippen LogP contribution is -2.44. The molecule has 2 atom stereocenters. The van der Waals surface area contributed by atoms with Crippen molar-refractivity contribution >= 4 is 11.9 Å². The summed E-state index contributed by atoms with van der Waals surface area (Å²) in [6, 6.07) is 1.88. The van der Waals surface area contributed by atoms with Crippen LogP contribution in [0.25, 0.3) is 0 Å². The number of carboxylic acid groups (broad SMARTS) is 1. The third-order valence-corrected chi connectivity index (χ3v) is 4.68. The topological polar surface area (TPSA) is 143 Å². The predicted octanol–water partition coefficient (Wildman–Crippen LogP) is -1.85. The first-order valence-electron chi connectivity index (χ1n) is 8.39. The average Bonchev–Trinajstić information content (AvgIpc) is 3.37. The van der Waals surface area contributed by atoms with Crippen molar-refractivity contribution in [1.29, 1.82) is 0 Å². The number of fused-ring (bicyclic) bond motifs is 1. The van der Waals surface area contributed by atoms with Gasteiger partial charge in [0.25, 0.3) is 0 Å². The number of carboxylic acids is 1. The number of tetrazole rings is 1. The van der Waals surface area contributed by atoms with E-state index in [1.807, 2.05) is 10.7 Å². The Hall–Kier alpha value is -2.86. The number of rotatable bonds is 5. The first kappa shape index (κ1) is 16.6. The Morgan fingerprint density at radius 3 is 3.00 bits per heavy atom. The van der Waals surface area contributed by atoms with Gasteiger partial charge in [-0.15, -0.1) is 5.10 Å². The Balaban J connectivity index is 1.44. The SMILES string of the molecule is O=C(O)CCc1cc2n(n1)CCN(C(=O)C1CNNC1n1cnnn1)C2. The molecule has 4 heterocycles. The third-order valence-electron chi connectivity index (χ3n) is 4.68. The molecule has 2 unspecified atom stereocenters. The summed E-state index contributed by atoms with van der Waals surface area (Å²) in [6.07, 6.45) is 1.58. The molecule has 0 bridgehead atoms. The number of carbonyl (C=O) groups excluding carboxylic acids is 1. The highest BCUT2D eigenvalue weighted by molar-refractivity contribution is 5.80.